The van der Waals surface area contributed by atoms with Gasteiger partial charge in [0.25, 0.3) is 0 Å². The number of para-hydroxylation sites is 1. The van der Waals surface area contributed by atoms with Crippen LogP contribution in [0.15, 0.2) is 18.2 Å². The van der Waals surface area contributed by atoms with Crippen LogP contribution in [0.2, 0.25) is 0 Å². The zero-order chi connectivity index (χ0) is 15.8. The maximum Gasteiger partial charge on any atom is 0.333 e. The van der Waals surface area contributed by atoms with Gasteiger partial charge in [-0.25, -0.2) is 0 Å². The Labute approximate surface area is 123 Å². The van der Waals surface area contributed by atoms with Gasteiger partial charge in [-0.05, 0) is 32.4 Å². The zero-order valence-electron chi connectivity index (χ0n) is 12.5. The molecule has 0 aliphatic carbocycles. The number of hydrogen-bond donors (Lipinski definition) is 2. The smallest absolute Gasteiger partial charge is 0.333 e. The van der Waals surface area contributed by atoms with E-state index in [0.29, 0.717) is 13.2 Å². The van der Waals surface area contributed by atoms with E-state index in [0.717, 1.165) is 6.42 Å². The molecule has 0 aliphatic heterocycles. The summed E-state index contributed by atoms with van der Waals surface area (Å²) in [6.07, 6.45) is 0.754. The van der Waals surface area contributed by atoms with E-state index in [1.165, 1.54) is 0 Å². The fraction of sp³-hybridized carbons (Fsp3) is 0.500. The molecule has 0 saturated heterocycles. The van der Waals surface area contributed by atoms with Crippen LogP contribution in [0, 0.1) is 10.1 Å². The van der Waals surface area contributed by atoms with Crippen LogP contribution in [-0.4, -0.2) is 30.0 Å². The molecule has 1 rings (SSSR count). The van der Waals surface area contributed by atoms with E-state index in [1.807, 2.05) is 13.8 Å². The lowest BCUT2D eigenvalue weighted by molar-refractivity contribution is -0.385. The minimum atomic E-state index is -0.579. The van der Waals surface area contributed by atoms with E-state index < -0.39 is 11.0 Å². The fourth-order valence-corrected chi connectivity index (χ4v) is 1.78. The van der Waals surface area contributed by atoms with Crippen LogP contribution < -0.4 is 15.4 Å². The van der Waals surface area contributed by atoms with Gasteiger partial charge in [-0.1, -0.05) is 13.0 Å². The first kappa shape index (κ1) is 16.7. The molecule has 116 valence electrons. The Balaban J connectivity index is 3.00. The first-order valence-electron chi connectivity index (χ1n) is 6.95. The van der Waals surface area contributed by atoms with Crippen molar-refractivity contribution in [1.29, 1.82) is 0 Å². The van der Waals surface area contributed by atoms with Crippen LogP contribution in [0.3, 0.4) is 0 Å². The summed E-state index contributed by atoms with van der Waals surface area (Å²) in [5.41, 5.74) is 0.120. The highest BCUT2D eigenvalue weighted by Gasteiger charge is 2.23. The molecule has 1 aromatic rings. The number of carbonyl (C=O) groups excluding carboxylic acids is 1. The molecule has 2 N–H and O–H groups in total. The SMILES string of the molecule is CCCOc1cccc(NC(C)C(=O)NCC)c1[N+](=O)[O-]. The normalized spacial score (nSPS) is 11.6. The highest BCUT2D eigenvalue weighted by molar-refractivity contribution is 5.85. The van der Waals surface area contributed by atoms with Crippen LogP contribution in [0.4, 0.5) is 11.4 Å². The molecule has 0 fully saturated rings. The highest BCUT2D eigenvalue weighted by atomic mass is 16.6. The number of nitro groups is 1. The standard InChI is InChI=1S/C14H21N3O4/c1-4-9-21-12-8-6-7-11(13(12)17(19)20)16-10(3)14(18)15-5-2/h6-8,10,16H,4-5,9H2,1-3H3,(H,15,18). The second-order valence-electron chi connectivity index (χ2n) is 4.52. The van der Waals surface area contributed by atoms with Crippen molar-refractivity contribution in [2.75, 3.05) is 18.5 Å². The van der Waals surface area contributed by atoms with Crippen LogP contribution in [0.25, 0.3) is 0 Å². The fourth-order valence-electron chi connectivity index (χ4n) is 1.78. The predicted octanol–water partition coefficient (Wildman–Crippen LogP) is 2.32. The molecule has 1 unspecified atom stereocenters. The summed E-state index contributed by atoms with van der Waals surface area (Å²) in [7, 11) is 0. The molecule has 0 aromatic heterocycles. The van der Waals surface area contributed by atoms with Crippen molar-refractivity contribution in [3.63, 3.8) is 0 Å². The van der Waals surface area contributed by atoms with Gasteiger partial charge in [-0.15, -0.1) is 0 Å². The Morgan fingerprint density at radius 2 is 2.14 bits per heavy atom. The van der Waals surface area contributed by atoms with Crippen molar-refractivity contribution in [1.82, 2.24) is 5.32 Å². The average Bonchev–Trinajstić information content (AvgIpc) is 2.44. The number of nitrogens with zero attached hydrogens (tertiary/aromatic N) is 1. The maximum absolute atomic E-state index is 11.7. The van der Waals surface area contributed by atoms with Crippen molar-refractivity contribution in [2.24, 2.45) is 0 Å². The molecule has 0 radical (unpaired) electrons. The summed E-state index contributed by atoms with van der Waals surface area (Å²) in [6, 6.07) is 4.19. The highest BCUT2D eigenvalue weighted by Crippen LogP contribution is 2.35. The Morgan fingerprint density at radius 3 is 2.71 bits per heavy atom. The first-order chi connectivity index (χ1) is 10.0. The Kier molecular flexibility index (Phi) is 6.45. The number of rotatable bonds is 8. The molecule has 7 nitrogen and oxygen atoms in total. The largest absolute Gasteiger partial charge is 0.487 e. The van der Waals surface area contributed by atoms with Gasteiger partial charge in [0.15, 0.2) is 5.75 Å². The van der Waals surface area contributed by atoms with Crippen molar-refractivity contribution in [3.05, 3.63) is 28.3 Å². The number of hydrogen-bond acceptors (Lipinski definition) is 5. The number of carbonyl (C=O) groups is 1. The number of likely N-dealkylation sites (N-methyl/N-ethyl adjacent to an activating group) is 1. The van der Waals surface area contributed by atoms with Crippen LogP contribution in [0.5, 0.6) is 5.75 Å². The third-order valence-electron chi connectivity index (χ3n) is 2.76. The minimum Gasteiger partial charge on any atom is -0.487 e. The molecule has 1 amide bonds. The lowest BCUT2D eigenvalue weighted by atomic mass is 10.2. The van der Waals surface area contributed by atoms with Crippen LogP contribution in [-0.2, 0) is 4.79 Å². The monoisotopic (exact) mass is 295 g/mol. The number of ether oxygens (including phenoxy) is 1. The number of nitro benzene ring substituents is 1. The minimum absolute atomic E-state index is 0.151. The van der Waals surface area contributed by atoms with Gasteiger partial charge in [0.1, 0.15) is 11.7 Å². The van der Waals surface area contributed by atoms with Gasteiger partial charge in [-0.3, -0.25) is 14.9 Å². The number of amides is 1. The van der Waals surface area contributed by atoms with Gasteiger partial charge < -0.3 is 15.4 Å². The Bertz CT molecular complexity index is 505. The van der Waals surface area contributed by atoms with E-state index in [9.17, 15) is 14.9 Å². The Morgan fingerprint density at radius 1 is 1.43 bits per heavy atom. The number of anilines is 1. The third kappa shape index (κ3) is 4.62. The van der Waals surface area contributed by atoms with E-state index in [-0.39, 0.29) is 23.0 Å². The summed E-state index contributed by atoms with van der Waals surface area (Å²) < 4.78 is 5.40. The molecule has 1 aromatic carbocycles. The van der Waals surface area contributed by atoms with E-state index in [2.05, 4.69) is 10.6 Å². The van der Waals surface area contributed by atoms with Crippen molar-refractivity contribution in [2.45, 2.75) is 33.2 Å². The van der Waals surface area contributed by atoms with Gasteiger partial charge in [0.2, 0.25) is 5.91 Å². The average molecular weight is 295 g/mol. The maximum atomic E-state index is 11.7. The van der Waals surface area contributed by atoms with Crippen LogP contribution >= 0.6 is 0 Å². The van der Waals surface area contributed by atoms with Gasteiger partial charge >= 0.3 is 5.69 Å². The lowest BCUT2D eigenvalue weighted by Gasteiger charge is -2.16. The molecular weight excluding hydrogens is 274 g/mol. The molecule has 1 atom stereocenters. The molecule has 0 saturated carbocycles. The van der Waals surface area contributed by atoms with Crippen molar-refractivity contribution < 1.29 is 14.5 Å². The number of nitrogens with one attached hydrogen (secondary N) is 2. The molecule has 0 aliphatic rings. The van der Waals surface area contributed by atoms with Gasteiger partial charge in [-0.2, -0.15) is 0 Å². The first-order valence-corrected chi connectivity index (χ1v) is 6.95. The molecular formula is C14H21N3O4. The third-order valence-corrected chi connectivity index (χ3v) is 2.76. The van der Waals surface area contributed by atoms with Crippen LogP contribution in [0.1, 0.15) is 27.2 Å². The molecule has 0 heterocycles. The van der Waals surface area contributed by atoms with Crippen molar-refractivity contribution >= 4 is 17.3 Å². The van der Waals surface area contributed by atoms with E-state index >= 15 is 0 Å². The van der Waals surface area contributed by atoms with Gasteiger partial charge in [0, 0.05) is 6.54 Å². The molecule has 7 heteroatoms. The number of benzene rings is 1. The molecule has 0 bridgehead atoms. The quantitative estimate of drug-likeness (QED) is 0.567. The van der Waals surface area contributed by atoms with E-state index in [4.69, 9.17) is 4.74 Å². The topological polar surface area (TPSA) is 93.5 Å². The second kappa shape index (κ2) is 8.08. The summed E-state index contributed by atoms with van der Waals surface area (Å²) in [5, 5.41) is 16.8. The van der Waals surface area contributed by atoms with E-state index in [1.54, 1.807) is 25.1 Å². The molecule has 0 spiro atoms. The molecule has 21 heavy (non-hydrogen) atoms. The summed E-state index contributed by atoms with van der Waals surface area (Å²) >= 11 is 0. The summed E-state index contributed by atoms with van der Waals surface area (Å²) in [4.78, 5) is 22.5. The van der Waals surface area contributed by atoms with Gasteiger partial charge in [0.05, 0.1) is 11.5 Å². The second-order valence-corrected chi connectivity index (χ2v) is 4.52. The predicted molar refractivity (Wildman–Crippen MR) is 80.7 cm³/mol. The summed E-state index contributed by atoms with van der Waals surface area (Å²) in [6.45, 7) is 6.29. The Hall–Kier alpha value is -2.31. The van der Waals surface area contributed by atoms with Crippen molar-refractivity contribution in [3.8, 4) is 5.75 Å². The zero-order valence-corrected chi connectivity index (χ0v) is 12.5. The summed E-state index contributed by atoms with van der Waals surface area (Å²) in [5.74, 6) is -0.0124. The lowest BCUT2D eigenvalue weighted by Crippen LogP contribution is -2.37.